The van der Waals surface area contributed by atoms with Crippen LogP contribution in [0.4, 0.5) is 5.69 Å². The Morgan fingerprint density at radius 1 is 1.28 bits per heavy atom. The Labute approximate surface area is 107 Å². The molecular weight excluding hydrogens is 224 g/mol. The summed E-state index contributed by atoms with van der Waals surface area (Å²) < 4.78 is 0. The van der Waals surface area contributed by atoms with Crippen LogP contribution >= 0.6 is 0 Å². The molecule has 2 aromatic rings. The van der Waals surface area contributed by atoms with Gasteiger partial charge in [0.25, 0.3) is 0 Å². The summed E-state index contributed by atoms with van der Waals surface area (Å²) in [5, 5.41) is 0. The number of likely N-dealkylation sites (N-methyl/N-ethyl adjacent to an activating group) is 1. The van der Waals surface area contributed by atoms with E-state index in [2.05, 4.69) is 35.9 Å². The molecule has 0 fully saturated rings. The molecule has 0 aliphatic rings. The van der Waals surface area contributed by atoms with E-state index in [0.717, 1.165) is 12.2 Å². The van der Waals surface area contributed by atoms with Gasteiger partial charge in [-0.25, -0.2) is 0 Å². The molecular formula is C15H18N2O. The van der Waals surface area contributed by atoms with E-state index < -0.39 is 0 Å². The van der Waals surface area contributed by atoms with E-state index in [1.54, 1.807) is 6.20 Å². The predicted molar refractivity (Wildman–Crippen MR) is 74.2 cm³/mol. The summed E-state index contributed by atoms with van der Waals surface area (Å²) in [5.74, 6) is 0.114. The molecule has 3 heteroatoms. The Hall–Kier alpha value is -2.03. The highest BCUT2D eigenvalue weighted by Gasteiger charge is 2.12. The maximum atomic E-state index is 12.1. The van der Waals surface area contributed by atoms with E-state index in [4.69, 9.17) is 0 Å². The topological polar surface area (TPSA) is 36.1 Å². The monoisotopic (exact) mass is 242 g/mol. The standard InChI is InChI=1S/C15H18N2O/c1-3-17(13-7-4-6-12(2)10-13)11-15(18)14-8-5-9-16-14/h4-10,16H,3,11H2,1-2H3. The van der Waals surface area contributed by atoms with Crippen LogP contribution in [-0.2, 0) is 0 Å². The third-order valence-electron chi connectivity index (χ3n) is 2.98. The number of rotatable bonds is 5. The summed E-state index contributed by atoms with van der Waals surface area (Å²) >= 11 is 0. The van der Waals surface area contributed by atoms with Crippen LogP contribution in [0.25, 0.3) is 0 Å². The van der Waals surface area contributed by atoms with Gasteiger partial charge in [0.1, 0.15) is 0 Å². The highest BCUT2D eigenvalue weighted by Crippen LogP contribution is 2.16. The molecule has 0 saturated carbocycles. The fourth-order valence-electron chi connectivity index (χ4n) is 1.97. The molecule has 1 aromatic heterocycles. The van der Waals surface area contributed by atoms with Crippen molar-refractivity contribution in [2.45, 2.75) is 13.8 Å². The number of aromatic amines is 1. The summed E-state index contributed by atoms with van der Waals surface area (Å²) in [4.78, 5) is 17.1. The van der Waals surface area contributed by atoms with Crippen molar-refractivity contribution >= 4 is 11.5 Å². The normalized spacial score (nSPS) is 10.3. The third kappa shape index (κ3) is 2.80. The Bertz CT molecular complexity index is 517. The summed E-state index contributed by atoms with van der Waals surface area (Å²) in [7, 11) is 0. The first-order valence-electron chi connectivity index (χ1n) is 6.19. The van der Waals surface area contributed by atoms with E-state index in [1.807, 2.05) is 24.3 Å². The first kappa shape index (κ1) is 12.4. The second-order valence-corrected chi connectivity index (χ2v) is 4.36. The summed E-state index contributed by atoms with van der Waals surface area (Å²) in [6, 6.07) is 11.9. The Morgan fingerprint density at radius 3 is 2.72 bits per heavy atom. The van der Waals surface area contributed by atoms with Crippen LogP contribution in [0.2, 0.25) is 0 Å². The quantitative estimate of drug-likeness (QED) is 0.818. The zero-order chi connectivity index (χ0) is 13.0. The van der Waals surface area contributed by atoms with Crippen molar-refractivity contribution in [1.29, 1.82) is 0 Å². The largest absolute Gasteiger partial charge is 0.364 e. The van der Waals surface area contributed by atoms with Gasteiger partial charge in [-0.15, -0.1) is 0 Å². The molecule has 2 rings (SSSR count). The number of Topliss-reactive ketones (excluding diaryl/α,β-unsaturated/α-hetero) is 1. The number of carbonyl (C=O) groups is 1. The molecule has 0 aliphatic carbocycles. The number of hydrogen-bond donors (Lipinski definition) is 1. The van der Waals surface area contributed by atoms with Gasteiger partial charge in [0, 0.05) is 18.4 Å². The first-order valence-corrected chi connectivity index (χ1v) is 6.19. The van der Waals surface area contributed by atoms with Crippen LogP contribution in [0.5, 0.6) is 0 Å². The summed E-state index contributed by atoms with van der Waals surface area (Å²) in [6.45, 7) is 5.34. The lowest BCUT2D eigenvalue weighted by Gasteiger charge is -2.22. The number of nitrogens with one attached hydrogen (secondary N) is 1. The van der Waals surface area contributed by atoms with Gasteiger partial charge in [-0.3, -0.25) is 4.79 Å². The van der Waals surface area contributed by atoms with Crippen molar-refractivity contribution in [3.63, 3.8) is 0 Å². The molecule has 94 valence electrons. The van der Waals surface area contributed by atoms with Crippen molar-refractivity contribution in [2.24, 2.45) is 0 Å². The zero-order valence-electron chi connectivity index (χ0n) is 10.8. The summed E-state index contributed by atoms with van der Waals surface area (Å²) in [5.41, 5.74) is 2.97. The number of aromatic nitrogens is 1. The first-order chi connectivity index (χ1) is 8.70. The van der Waals surface area contributed by atoms with Crippen molar-refractivity contribution in [2.75, 3.05) is 18.0 Å². The molecule has 0 aliphatic heterocycles. The lowest BCUT2D eigenvalue weighted by molar-refractivity contribution is 0.0995. The number of H-pyrrole nitrogens is 1. The highest BCUT2D eigenvalue weighted by atomic mass is 16.1. The van der Waals surface area contributed by atoms with Gasteiger partial charge in [-0.2, -0.15) is 0 Å². The van der Waals surface area contributed by atoms with Gasteiger partial charge in [-0.05, 0) is 43.7 Å². The van der Waals surface area contributed by atoms with Gasteiger partial charge >= 0.3 is 0 Å². The number of nitrogens with zero attached hydrogens (tertiary/aromatic N) is 1. The average molecular weight is 242 g/mol. The molecule has 0 amide bonds. The van der Waals surface area contributed by atoms with Crippen LogP contribution in [0.15, 0.2) is 42.6 Å². The SMILES string of the molecule is CCN(CC(=O)c1ccc[nH]1)c1cccc(C)c1. The molecule has 1 heterocycles. The van der Waals surface area contributed by atoms with E-state index in [9.17, 15) is 4.79 Å². The minimum Gasteiger partial charge on any atom is -0.364 e. The molecule has 3 nitrogen and oxygen atoms in total. The van der Waals surface area contributed by atoms with E-state index in [-0.39, 0.29) is 5.78 Å². The van der Waals surface area contributed by atoms with Gasteiger partial charge in [0.05, 0.1) is 12.2 Å². The second-order valence-electron chi connectivity index (χ2n) is 4.36. The lowest BCUT2D eigenvalue weighted by Crippen LogP contribution is -2.29. The van der Waals surface area contributed by atoms with Crippen molar-refractivity contribution < 1.29 is 4.79 Å². The maximum absolute atomic E-state index is 12.1. The van der Waals surface area contributed by atoms with Crippen LogP contribution in [-0.4, -0.2) is 23.9 Å². The number of carbonyl (C=O) groups excluding carboxylic acids is 1. The Morgan fingerprint density at radius 2 is 2.11 bits per heavy atom. The van der Waals surface area contributed by atoms with E-state index in [1.165, 1.54) is 5.56 Å². The number of anilines is 1. The molecule has 0 spiro atoms. The van der Waals surface area contributed by atoms with Gasteiger partial charge in [-0.1, -0.05) is 12.1 Å². The maximum Gasteiger partial charge on any atom is 0.198 e. The van der Waals surface area contributed by atoms with Gasteiger partial charge in [0.15, 0.2) is 5.78 Å². The molecule has 0 radical (unpaired) electrons. The highest BCUT2D eigenvalue weighted by molar-refractivity contribution is 5.97. The summed E-state index contributed by atoms with van der Waals surface area (Å²) in [6.07, 6.45) is 1.77. The van der Waals surface area contributed by atoms with Crippen LogP contribution in [0.1, 0.15) is 23.0 Å². The average Bonchev–Trinajstić information content (AvgIpc) is 2.89. The molecule has 0 unspecified atom stereocenters. The fourth-order valence-corrected chi connectivity index (χ4v) is 1.97. The van der Waals surface area contributed by atoms with Crippen LogP contribution in [0.3, 0.4) is 0 Å². The molecule has 0 atom stereocenters. The molecule has 1 aromatic carbocycles. The zero-order valence-corrected chi connectivity index (χ0v) is 10.8. The fraction of sp³-hybridized carbons (Fsp3) is 0.267. The Kier molecular flexibility index (Phi) is 3.82. The number of ketones is 1. The van der Waals surface area contributed by atoms with Crippen molar-refractivity contribution in [3.8, 4) is 0 Å². The molecule has 18 heavy (non-hydrogen) atoms. The molecule has 0 bridgehead atoms. The van der Waals surface area contributed by atoms with Gasteiger partial charge < -0.3 is 9.88 Å². The predicted octanol–water partition coefficient (Wildman–Crippen LogP) is 3.03. The Balaban J connectivity index is 2.13. The van der Waals surface area contributed by atoms with Crippen LogP contribution < -0.4 is 4.90 Å². The van der Waals surface area contributed by atoms with Gasteiger partial charge in [0.2, 0.25) is 0 Å². The molecule has 1 N–H and O–H groups in total. The second kappa shape index (κ2) is 5.54. The third-order valence-corrected chi connectivity index (χ3v) is 2.98. The van der Waals surface area contributed by atoms with E-state index in [0.29, 0.717) is 12.2 Å². The molecule has 0 saturated heterocycles. The number of aryl methyl sites for hydroxylation is 1. The lowest BCUT2D eigenvalue weighted by atomic mass is 10.2. The minimum atomic E-state index is 0.114. The van der Waals surface area contributed by atoms with Crippen LogP contribution in [0, 0.1) is 6.92 Å². The number of hydrogen-bond acceptors (Lipinski definition) is 2. The van der Waals surface area contributed by atoms with E-state index >= 15 is 0 Å². The smallest absolute Gasteiger partial charge is 0.198 e. The van der Waals surface area contributed by atoms with Crippen molar-refractivity contribution in [3.05, 3.63) is 53.9 Å². The minimum absolute atomic E-state index is 0.114. The number of benzene rings is 1. The van der Waals surface area contributed by atoms with Crippen molar-refractivity contribution in [1.82, 2.24) is 4.98 Å².